The molecule has 150 valence electrons. The van der Waals surface area contributed by atoms with E-state index < -0.39 is 5.82 Å². The maximum atomic E-state index is 13.3. The lowest BCUT2D eigenvalue weighted by Crippen LogP contribution is -2.34. The molecule has 1 aliphatic rings. The zero-order valence-electron chi connectivity index (χ0n) is 15.6. The minimum atomic E-state index is -0.541. The number of anilines is 1. The molecule has 0 saturated carbocycles. The van der Waals surface area contributed by atoms with Crippen LogP contribution < -0.4 is 10.1 Å². The Hall–Kier alpha value is -3.13. The SMILES string of the molecule is COc1ccc(-c2noc([C@H]3CCCN3C(=O)Nc3ccc(F)c(Cl)c3)n2)cc1. The average Bonchev–Trinajstić information content (AvgIpc) is 3.40. The Labute approximate surface area is 171 Å². The number of ether oxygens (including phenoxy) is 1. The van der Waals surface area contributed by atoms with Crippen molar-refractivity contribution in [3.05, 3.63) is 59.2 Å². The first kappa shape index (κ1) is 19.2. The number of halogens is 2. The van der Waals surface area contributed by atoms with Crippen LogP contribution in [0.15, 0.2) is 47.0 Å². The molecule has 1 aromatic heterocycles. The summed E-state index contributed by atoms with van der Waals surface area (Å²) >= 11 is 5.78. The molecule has 1 saturated heterocycles. The van der Waals surface area contributed by atoms with Crippen LogP contribution in [0.1, 0.15) is 24.8 Å². The second kappa shape index (κ2) is 8.08. The Bertz CT molecular complexity index is 1020. The molecule has 0 aliphatic carbocycles. The van der Waals surface area contributed by atoms with E-state index >= 15 is 0 Å². The average molecular weight is 417 g/mol. The van der Waals surface area contributed by atoms with Crippen LogP contribution in [0.5, 0.6) is 5.75 Å². The van der Waals surface area contributed by atoms with Gasteiger partial charge in [0.1, 0.15) is 17.6 Å². The molecule has 0 spiro atoms. The molecule has 9 heteroatoms. The van der Waals surface area contributed by atoms with E-state index in [1.807, 2.05) is 24.3 Å². The van der Waals surface area contributed by atoms with Crippen molar-refractivity contribution in [3.63, 3.8) is 0 Å². The van der Waals surface area contributed by atoms with Gasteiger partial charge in [-0.05, 0) is 55.3 Å². The van der Waals surface area contributed by atoms with E-state index in [0.29, 0.717) is 30.4 Å². The summed E-state index contributed by atoms with van der Waals surface area (Å²) in [6.07, 6.45) is 1.52. The van der Waals surface area contributed by atoms with Gasteiger partial charge in [-0.1, -0.05) is 16.8 Å². The lowest BCUT2D eigenvalue weighted by molar-refractivity contribution is 0.193. The van der Waals surface area contributed by atoms with Gasteiger partial charge in [0.2, 0.25) is 11.7 Å². The molecule has 2 aromatic carbocycles. The molecule has 4 rings (SSSR count). The van der Waals surface area contributed by atoms with Crippen molar-refractivity contribution in [3.8, 4) is 17.1 Å². The predicted molar refractivity (Wildman–Crippen MR) is 105 cm³/mol. The predicted octanol–water partition coefficient (Wildman–Crippen LogP) is 4.91. The number of nitrogens with one attached hydrogen (secondary N) is 1. The van der Waals surface area contributed by atoms with Crippen LogP contribution in [0, 0.1) is 5.82 Å². The van der Waals surface area contributed by atoms with Gasteiger partial charge in [0.15, 0.2) is 0 Å². The summed E-state index contributed by atoms with van der Waals surface area (Å²) in [5, 5.41) is 6.72. The Balaban J connectivity index is 1.49. The number of hydrogen-bond donors (Lipinski definition) is 1. The fraction of sp³-hybridized carbons (Fsp3) is 0.250. The number of methoxy groups -OCH3 is 1. The van der Waals surface area contributed by atoms with Gasteiger partial charge >= 0.3 is 6.03 Å². The topological polar surface area (TPSA) is 80.5 Å². The van der Waals surface area contributed by atoms with E-state index in [2.05, 4.69) is 15.5 Å². The Kier molecular flexibility index (Phi) is 5.35. The van der Waals surface area contributed by atoms with Crippen molar-refractivity contribution in [1.82, 2.24) is 15.0 Å². The van der Waals surface area contributed by atoms with E-state index in [9.17, 15) is 9.18 Å². The van der Waals surface area contributed by atoms with Crippen LogP contribution in [-0.4, -0.2) is 34.7 Å². The fourth-order valence-electron chi connectivity index (χ4n) is 3.26. The number of aromatic nitrogens is 2. The number of carbonyl (C=O) groups excluding carboxylic acids is 1. The molecule has 7 nitrogen and oxygen atoms in total. The first-order valence-electron chi connectivity index (χ1n) is 9.06. The zero-order valence-corrected chi connectivity index (χ0v) is 16.3. The van der Waals surface area contributed by atoms with Crippen molar-refractivity contribution in [1.29, 1.82) is 0 Å². The van der Waals surface area contributed by atoms with Crippen LogP contribution in [0.3, 0.4) is 0 Å². The molecule has 29 heavy (non-hydrogen) atoms. The van der Waals surface area contributed by atoms with Gasteiger partial charge in [-0.3, -0.25) is 0 Å². The number of benzene rings is 2. The van der Waals surface area contributed by atoms with E-state index in [0.717, 1.165) is 17.7 Å². The zero-order chi connectivity index (χ0) is 20.4. The first-order chi connectivity index (χ1) is 14.0. The fourth-order valence-corrected chi connectivity index (χ4v) is 3.44. The van der Waals surface area contributed by atoms with Crippen LogP contribution in [-0.2, 0) is 0 Å². The minimum absolute atomic E-state index is 0.0539. The van der Waals surface area contributed by atoms with Gasteiger partial charge in [-0.15, -0.1) is 0 Å². The summed E-state index contributed by atoms with van der Waals surface area (Å²) in [6.45, 7) is 0.547. The number of rotatable bonds is 4. The summed E-state index contributed by atoms with van der Waals surface area (Å²) < 4.78 is 23.9. The number of hydrogen-bond acceptors (Lipinski definition) is 5. The van der Waals surface area contributed by atoms with E-state index in [1.165, 1.54) is 18.2 Å². The van der Waals surface area contributed by atoms with Crippen molar-refractivity contribution in [2.45, 2.75) is 18.9 Å². The van der Waals surface area contributed by atoms with Crippen molar-refractivity contribution in [2.24, 2.45) is 0 Å². The lowest BCUT2D eigenvalue weighted by Gasteiger charge is -2.22. The van der Waals surface area contributed by atoms with E-state index in [1.54, 1.807) is 12.0 Å². The van der Waals surface area contributed by atoms with Gasteiger partial charge in [-0.2, -0.15) is 4.98 Å². The van der Waals surface area contributed by atoms with Crippen LogP contribution in [0.4, 0.5) is 14.9 Å². The first-order valence-corrected chi connectivity index (χ1v) is 9.43. The number of nitrogens with zero attached hydrogens (tertiary/aromatic N) is 3. The maximum absolute atomic E-state index is 13.3. The third kappa shape index (κ3) is 4.02. The van der Waals surface area contributed by atoms with Gasteiger partial charge in [-0.25, -0.2) is 9.18 Å². The van der Waals surface area contributed by atoms with Crippen molar-refractivity contribution in [2.75, 3.05) is 19.0 Å². The number of carbonyl (C=O) groups is 1. The van der Waals surface area contributed by atoms with Gasteiger partial charge in [0.25, 0.3) is 0 Å². The summed E-state index contributed by atoms with van der Waals surface area (Å²) in [7, 11) is 1.60. The van der Waals surface area contributed by atoms with Crippen LogP contribution in [0.25, 0.3) is 11.4 Å². The summed E-state index contributed by atoms with van der Waals surface area (Å²) in [4.78, 5) is 18.8. The molecule has 3 aromatic rings. The number of urea groups is 1. The molecule has 2 heterocycles. The van der Waals surface area contributed by atoms with Gasteiger partial charge in [0.05, 0.1) is 12.1 Å². The highest BCUT2D eigenvalue weighted by molar-refractivity contribution is 6.31. The highest BCUT2D eigenvalue weighted by atomic mass is 35.5. The second-order valence-electron chi connectivity index (χ2n) is 6.60. The Morgan fingerprint density at radius 1 is 1.31 bits per heavy atom. The molecular formula is C20H18ClFN4O3. The molecule has 2 amide bonds. The smallest absolute Gasteiger partial charge is 0.322 e. The van der Waals surface area contributed by atoms with Gasteiger partial charge < -0.3 is 19.5 Å². The molecule has 0 radical (unpaired) electrons. The second-order valence-corrected chi connectivity index (χ2v) is 7.00. The number of likely N-dealkylation sites (tertiary alicyclic amines) is 1. The summed E-state index contributed by atoms with van der Waals surface area (Å²) in [5.74, 6) is 1.01. The molecule has 0 unspecified atom stereocenters. The summed E-state index contributed by atoms with van der Waals surface area (Å²) in [5.41, 5.74) is 1.20. The largest absolute Gasteiger partial charge is 0.497 e. The van der Waals surface area contributed by atoms with Crippen LogP contribution >= 0.6 is 11.6 Å². The monoisotopic (exact) mass is 416 g/mol. The molecule has 1 atom stereocenters. The van der Waals surface area contributed by atoms with Gasteiger partial charge in [0, 0.05) is 17.8 Å². The third-order valence-electron chi connectivity index (χ3n) is 4.76. The Morgan fingerprint density at radius 2 is 2.10 bits per heavy atom. The molecular weight excluding hydrogens is 399 g/mol. The standard InChI is InChI=1S/C20H18ClFN4O3/c1-28-14-7-4-12(5-8-14)18-24-19(29-25-18)17-3-2-10-26(17)20(27)23-13-6-9-16(22)15(21)11-13/h4-9,11,17H,2-3,10H2,1H3,(H,23,27)/t17-/m1/s1. The summed E-state index contributed by atoms with van der Waals surface area (Å²) in [6, 6.07) is 10.7. The molecule has 1 fully saturated rings. The minimum Gasteiger partial charge on any atom is -0.497 e. The number of amides is 2. The third-order valence-corrected chi connectivity index (χ3v) is 5.05. The molecule has 0 bridgehead atoms. The van der Waals surface area contributed by atoms with E-state index in [-0.39, 0.29) is 17.1 Å². The molecule has 1 aliphatic heterocycles. The normalized spacial score (nSPS) is 16.1. The lowest BCUT2D eigenvalue weighted by atomic mass is 10.2. The Morgan fingerprint density at radius 3 is 2.83 bits per heavy atom. The van der Waals surface area contributed by atoms with Crippen molar-refractivity contribution >= 4 is 23.3 Å². The quantitative estimate of drug-likeness (QED) is 0.653. The highest BCUT2D eigenvalue weighted by Crippen LogP contribution is 2.33. The van der Waals surface area contributed by atoms with Crippen LogP contribution in [0.2, 0.25) is 5.02 Å². The molecule has 1 N–H and O–H groups in total. The highest BCUT2D eigenvalue weighted by Gasteiger charge is 2.34. The van der Waals surface area contributed by atoms with Crippen molar-refractivity contribution < 1.29 is 18.4 Å². The van der Waals surface area contributed by atoms with E-state index in [4.69, 9.17) is 20.9 Å². The maximum Gasteiger partial charge on any atom is 0.322 e.